The van der Waals surface area contributed by atoms with Crippen LogP contribution in [0.25, 0.3) is 0 Å². The molecule has 5 nitrogen and oxygen atoms in total. The van der Waals surface area contributed by atoms with Crippen molar-refractivity contribution in [3.63, 3.8) is 0 Å². The largest absolute Gasteiger partial charge is 0.371 e. The molecule has 0 aliphatic carbocycles. The number of hydrogen-bond acceptors (Lipinski definition) is 5. The highest BCUT2D eigenvalue weighted by Gasteiger charge is 2.22. The van der Waals surface area contributed by atoms with Crippen LogP contribution in [0.4, 0.5) is 5.69 Å². The average Bonchev–Trinajstić information content (AvgIpc) is 2.38. The van der Waals surface area contributed by atoms with Crippen LogP contribution < -0.4 is 4.90 Å². The minimum atomic E-state index is -3.37. The molecule has 1 aliphatic heterocycles. The minimum absolute atomic E-state index is 0.218. The maximum Gasteiger partial charge on any atom is 0.264 e. The minimum Gasteiger partial charge on any atom is -0.371 e. The van der Waals surface area contributed by atoms with E-state index in [1.807, 2.05) is 12.1 Å². The van der Waals surface area contributed by atoms with Crippen molar-refractivity contribution in [2.24, 2.45) is 0 Å². The summed E-state index contributed by atoms with van der Waals surface area (Å²) in [5.74, 6) is 0. The molecule has 1 aromatic rings. The lowest BCUT2D eigenvalue weighted by Gasteiger charge is -2.32. The van der Waals surface area contributed by atoms with Crippen LogP contribution in [0.5, 0.6) is 0 Å². The summed E-state index contributed by atoms with van der Waals surface area (Å²) in [6.45, 7) is 1.51. The second-order valence-electron chi connectivity index (χ2n) is 4.65. The Balaban J connectivity index is 1.94. The van der Waals surface area contributed by atoms with Crippen molar-refractivity contribution in [1.29, 1.82) is 5.26 Å². The van der Waals surface area contributed by atoms with Gasteiger partial charge in [-0.2, -0.15) is 13.7 Å². The predicted molar refractivity (Wildman–Crippen MR) is 72.3 cm³/mol. The Hall–Kier alpha value is -1.58. The van der Waals surface area contributed by atoms with Crippen molar-refractivity contribution >= 4 is 15.8 Å². The molecule has 19 heavy (non-hydrogen) atoms. The van der Waals surface area contributed by atoms with Gasteiger partial charge in [0.05, 0.1) is 24.0 Å². The van der Waals surface area contributed by atoms with Crippen LogP contribution in [0.3, 0.4) is 0 Å². The molecule has 1 heterocycles. The third-order valence-corrected chi connectivity index (χ3v) is 3.74. The quantitative estimate of drug-likeness (QED) is 0.785. The molecule has 6 heteroatoms. The molecule has 1 saturated heterocycles. The maximum absolute atomic E-state index is 11.1. The van der Waals surface area contributed by atoms with E-state index in [4.69, 9.17) is 9.44 Å². The lowest BCUT2D eigenvalue weighted by atomic mass is 10.1. The molecule has 0 unspecified atom stereocenters. The van der Waals surface area contributed by atoms with Gasteiger partial charge in [-0.15, -0.1) is 0 Å². The summed E-state index contributed by atoms with van der Waals surface area (Å²) in [6, 6.07) is 9.48. The molecular weight excluding hydrogens is 264 g/mol. The number of nitriles is 1. The molecule has 0 saturated carbocycles. The van der Waals surface area contributed by atoms with Crippen molar-refractivity contribution < 1.29 is 12.6 Å². The fraction of sp³-hybridized carbons (Fsp3) is 0.462. The average molecular weight is 280 g/mol. The Morgan fingerprint density at radius 1 is 1.26 bits per heavy atom. The second kappa shape index (κ2) is 5.59. The molecule has 0 spiro atoms. The van der Waals surface area contributed by atoms with E-state index in [-0.39, 0.29) is 6.10 Å². The number of nitrogens with zero attached hydrogens (tertiary/aromatic N) is 2. The molecule has 0 aromatic heterocycles. The fourth-order valence-electron chi connectivity index (χ4n) is 2.20. The summed E-state index contributed by atoms with van der Waals surface area (Å²) in [6.07, 6.45) is 2.24. The second-order valence-corrected chi connectivity index (χ2v) is 6.25. The number of anilines is 1. The third kappa shape index (κ3) is 3.94. The third-order valence-electron chi connectivity index (χ3n) is 3.11. The van der Waals surface area contributed by atoms with E-state index in [1.54, 1.807) is 12.1 Å². The molecule has 102 valence electrons. The number of rotatable bonds is 3. The summed E-state index contributed by atoms with van der Waals surface area (Å²) in [4.78, 5) is 2.17. The van der Waals surface area contributed by atoms with E-state index in [2.05, 4.69) is 11.0 Å². The van der Waals surface area contributed by atoms with E-state index >= 15 is 0 Å². The van der Waals surface area contributed by atoms with Gasteiger partial charge in [0.15, 0.2) is 0 Å². The smallest absolute Gasteiger partial charge is 0.264 e. The van der Waals surface area contributed by atoms with Gasteiger partial charge in [-0.25, -0.2) is 0 Å². The van der Waals surface area contributed by atoms with Gasteiger partial charge in [0.1, 0.15) is 0 Å². The summed E-state index contributed by atoms with van der Waals surface area (Å²) >= 11 is 0. The van der Waals surface area contributed by atoms with Crippen molar-refractivity contribution in [2.45, 2.75) is 18.9 Å². The van der Waals surface area contributed by atoms with Crippen LogP contribution in [0.1, 0.15) is 18.4 Å². The van der Waals surface area contributed by atoms with Gasteiger partial charge in [-0.1, -0.05) is 0 Å². The van der Waals surface area contributed by atoms with E-state index < -0.39 is 10.1 Å². The summed E-state index contributed by atoms with van der Waals surface area (Å²) < 4.78 is 27.1. The van der Waals surface area contributed by atoms with Crippen LogP contribution in [-0.4, -0.2) is 33.9 Å². The summed E-state index contributed by atoms with van der Waals surface area (Å²) in [5.41, 5.74) is 1.69. The van der Waals surface area contributed by atoms with Crippen molar-refractivity contribution in [3.8, 4) is 6.07 Å². The van der Waals surface area contributed by atoms with E-state index in [1.165, 1.54) is 0 Å². The maximum atomic E-state index is 11.1. The van der Waals surface area contributed by atoms with Gasteiger partial charge < -0.3 is 4.90 Å². The SMILES string of the molecule is CS(=O)(=O)OC1CCN(c2ccc(C#N)cc2)CC1. The Labute approximate surface area is 113 Å². The Morgan fingerprint density at radius 3 is 2.32 bits per heavy atom. The van der Waals surface area contributed by atoms with Gasteiger partial charge in [-0.05, 0) is 37.1 Å². The van der Waals surface area contributed by atoms with Gasteiger partial charge in [0.25, 0.3) is 10.1 Å². The lowest BCUT2D eigenvalue weighted by molar-refractivity contribution is 0.180. The van der Waals surface area contributed by atoms with Crippen molar-refractivity contribution in [3.05, 3.63) is 29.8 Å². The van der Waals surface area contributed by atoms with E-state index in [9.17, 15) is 8.42 Å². The normalized spacial score (nSPS) is 17.2. The van der Waals surface area contributed by atoms with Crippen LogP contribution in [0, 0.1) is 11.3 Å². The number of benzene rings is 1. The van der Waals surface area contributed by atoms with Crippen LogP contribution in [0.2, 0.25) is 0 Å². The molecule has 0 radical (unpaired) electrons. The monoisotopic (exact) mass is 280 g/mol. The highest BCUT2D eigenvalue weighted by atomic mass is 32.2. The first-order valence-corrected chi connectivity index (χ1v) is 7.93. The van der Waals surface area contributed by atoms with Crippen LogP contribution in [-0.2, 0) is 14.3 Å². The Morgan fingerprint density at radius 2 is 1.84 bits per heavy atom. The zero-order valence-corrected chi connectivity index (χ0v) is 11.6. The van der Waals surface area contributed by atoms with Gasteiger partial charge >= 0.3 is 0 Å². The van der Waals surface area contributed by atoms with Crippen LogP contribution in [0.15, 0.2) is 24.3 Å². The molecule has 1 aliphatic rings. The highest BCUT2D eigenvalue weighted by Crippen LogP contribution is 2.22. The highest BCUT2D eigenvalue weighted by molar-refractivity contribution is 7.86. The first kappa shape index (κ1) is 13.8. The molecule has 2 rings (SSSR count). The Kier molecular flexibility index (Phi) is 4.08. The van der Waals surface area contributed by atoms with E-state index in [0.29, 0.717) is 18.4 Å². The topological polar surface area (TPSA) is 70.4 Å². The molecule has 1 aromatic carbocycles. The summed E-state index contributed by atoms with van der Waals surface area (Å²) in [5, 5.41) is 8.74. The standard InChI is InChI=1S/C13H16N2O3S/c1-19(16,17)18-13-6-8-15(9-7-13)12-4-2-11(10-14)3-5-12/h2-5,13H,6-9H2,1H3. The molecule has 0 atom stereocenters. The van der Waals surface area contributed by atoms with Gasteiger partial charge in [0.2, 0.25) is 0 Å². The van der Waals surface area contributed by atoms with Crippen LogP contribution >= 0.6 is 0 Å². The fourth-order valence-corrected chi connectivity index (χ4v) is 2.89. The first-order chi connectivity index (χ1) is 8.98. The molecule has 1 fully saturated rings. The van der Waals surface area contributed by atoms with E-state index in [0.717, 1.165) is 25.0 Å². The predicted octanol–water partition coefficient (Wildman–Crippen LogP) is 1.50. The molecule has 0 amide bonds. The van der Waals surface area contributed by atoms with Crippen molar-refractivity contribution in [2.75, 3.05) is 24.2 Å². The number of piperidine rings is 1. The number of hydrogen-bond donors (Lipinski definition) is 0. The molecule has 0 bridgehead atoms. The van der Waals surface area contributed by atoms with Gasteiger partial charge in [-0.3, -0.25) is 4.18 Å². The molecular formula is C13H16N2O3S. The van der Waals surface area contributed by atoms with Gasteiger partial charge in [0, 0.05) is 18.8 Å². The Bertz CT molecular complexity index is 567. The summed E-state index contributed by atoms with van der Waals surface area (Å²) in [7, 11) is -3.37. The van der Waals surface area contributed by atoms with Crippen molar-refractivity contribution in [1.82, 2.24) is 0 Å². The lowest BCUT2D eigenvalue weighted by Crippen LogP contribution is -2.37. The zero-order valence-electron chi connectivity index (χ0n) is 10.7. The molecule has 0 N–H and O–H groups in total. The zero-order chi connectivity index (χ0) is 13.9. The first-order valence-electron chi connectivity index (χ1n) is 6.11.